The zero-order valence-corrected chi connectivity index (χ0v) is 9.85. The molecule has 0 spiro atoms. The van der Waals surface area contributed by atoms with Crippen LogP contribution in [0.4, 0.5) is 13.2 Å². The third-order valence-electron chi connectivity index (χ3n) is 3.71. The lowest BCUT2D eigenvalue weighted by Crippen LogP contribution is -2.42. The molecule has 2 fully saturated rings. The Bertz CT molecular complexity index is 298. The van der Waals surface area contributed by atoms with Crippen LogP contribution in [0.3, 0.4) is 0 Å². The van der Waals surface area contributed by atoms with Gasteiger partial charge in [0.15, 0.2) is 0 Å². The molecule has 17 heavy (non-hydrogen) atoms. The molecule has 0 aromatic carbocycles. The molecule has 2 N–H and O–H groups in total. The Morgan fingerprint density at radius 1 is 1.29 bits per heavy atom. The summed E-state index contributed by atoms with van der Waals surface area (Å²) in [6.07, 6.45) is -2.78. The summed E-state index contributed by atoms with van der Waals surface area (Å²) in [6.45, 7) is 0. The number of fused-ring (bicyclic) bond motifs is 1. The quantitative estimate of drug-likeness (QED) is 0.770. The highest BCUT2D eigenvalue weighted by atomic mass is 35.5. The van der Waals surface area contributed by atoms with Crippen molar-refractivity contribution in [2.24, 2.45) is 11.8 Å². The van der Waals surface area contributed by atoms with Crippen LogP contribution >= 0.6 is 12.4 Å². The Morgan fingerprint density at radius 3 is 2.47 bits per heavy atom. The lowest BCUT2D eigenvalue weighted by Gasteiger charge is -2.34. The molecule has 7 heteroatoms. The van der Waals surface area contributed by atoms with Crippen LogP contribution < -0.4 is 5.32 Å². The second kappa shape index (κ2) is 5.02. The van der Waals surface area contributed by atoms with E-state index in [9.17, 15) is 18.0 Å². The van der Waals surface area contributed by atoms with Crippen molar-refractivity contribution in [3.05, 3.63) is 0 Å². The first-order chi connectivity index (χ1) is 7.39. The zero-order chi connectivity index (χ0) is 11.9. The Morgan fingerprint density at radius 2 is 1.94 bits per heavy atom. The summed E-state index contributed by atoms with van der Waals surface area (Å²) < 4.78 is 38.2. The van der Waals surface area contributed by atoms with Crippen molar-refractivity contribution in [3.8, 4) is 0 Å². The molecule has 4 atom stereocenters. The van der Waals surface area contributed by atoms with Crippen LogP contribution in [0.25, 0.3) is 0 Å². The molecule has 0 aromatic rings. The molecule has 1 aliphatic carbocycles. The molecule has 0 bridgehead atoms. The minimum absolute atomic E-state index is 0. The van der Waals surface area contributed by atoms with Crippen molar-refractivity contribution in [1.82, 2.24) is 5.32 Å². The maximum Gasteiger partial charge on any atom is 0.392 e. The third-order valence-corrected chi connectivity index (χ3v) is 3.71. The van der Waals surface area contributed by atoms with Gasteiger partial charge in [0.05, 0.1) is 5.92 Å². The number of nitrogens with one attached hydrogen (secondary N) is 1. The summed E-state index contributed by atoms with van der Waals surface area (Å²) in [7, 11) is 0. The van der Waals surface area contributed by atoms with Gasteiger partial charge in [-0.15, -0.1) is 12.4 Å². The maximum atomic E-state index is 12.7. The van der Waals surface area contributed by atoms with E-state index >= 15 is 0 Å². The lowest BCUT2D eigenvalue weighted by atomic mass is 9.75. The van der Waals surface area contributed by atoms with Gasteiger partial charge in [0.25, 0.3) is 0 Å². The third kappa shape index (κ3) is 2.85. The van der Waals surface area contributed by atoms with E-state index in [1.807, 2.05) is 0 Å². The van der Waals surface area contributed by atoms with Crippen LogP contribution in [0.15, 0.2) is 0 Å². The second-order valence-corrected chi connectivity index (χ2v) is 4.64. The van der Waals surface area contributed by atoms with E-state index in [1.165, 1.54) is 0 Å². The number of carboxylic acids is 1. The van der Waals surface area contributed by atoms with Crippen molar-refractivity contribution in [2.45, 2.75) is 43.9 Å². The lowest BCUT2D eigenvalue weighted by molar-refractivity contribution is -0.196. The molecule has 0 radical (unpaired) electrons. The number of carbonyl (C=O) groups is 1. The zero-order valence-electron chi connectivity index (χ0n) is 9.04. The SMILES string of the molecule is Cl.O=C(O)C1CC2C(CCCC2C(F)(F)F)N1. The van der Waals surface area contributed by atoms with Crippen molar-refractivity contribution in [2.75, 3.05) is 0 Å². The largest absolute Gasteiger partial charge is 0.480 e. The summed E-state index contributed by atoms with van der Waals surface area (Å²) in [4.78, 5) is 10.8. The second-order valence-electron chi connectivity index (χ2n) is 4.64. The normalized spacial score (nSPS) is 37.1. The predicted molar refractivity (Wildman–Crippen MR) is 57.1 cm³/mol. The maximum absolute atomic E-state index is 12.7. The minimum atomic E-state index is -4.20. The molecular weight excluding hydrogens is 259 g/mol. The number of aliphatic carboxylic acids is 1. The van der Waals surface area contributed by atoms with Crippen LogP contribution in [-0.4, -0.2) is 29.3 Å². The first kappa shape index (κ1) is 14.6. The number of halogens is 4. The molecule has 2 rings (SSSR count). The van der Waals surface area contributed by atoms with Gasteiger partial charge < -0.3 is 10.4 Å². The van der Waals surface area contributed by atoms with Gasteiger partial charge in [-0.2, -0.15) is 13.2 Å². The van der Waals surface area contributed by atoms with Gasteiger partial charge in [0.2, 0.25) is 0 Å². The number of hydrogen-bond acceptors (Lipinski definition) is 2. The fourth-order valence-corrected chi connectivity index (χ4v) is 2.98. The summed E-state index contributed by atoms with van der Waals surface area (Å²) in [5, 5.41) is 11.6. The van der Waals surface area contributed by atoms with E-state index in [-0.39, 0.29) is 31.3 Å². The number of rotatable bonds is 1. The topological polar surface area (TPSA) is 49.3 Å². The standard InChI is InChI=1S/C10H14F3NO2.ClH/c11-10(12,13)6-2-1-3-7-5(6)4-8(14-7)9(15)16;/h5-8,14H,1-4H2,(H,15,16);1H. The molecule has 1 aliphatic heterocycles. The fraction of sp³-hybridized carbons (Fsp3) is 0.900. The van der Waals surface area contributed by atoms with E-state index in [1.54, 1.807) is 0 Å². The van der Waals surface area contributed by atoms with Gasteiger partial charge in [0.1, 0.15) is 6.04 Å². The average molecular weight is 274 g/mol. The van der Waals surface area contributed by atoms with Gasteiger partial charge in [-0.25, -0.2) is 0 Å². The molecule has 1 saturated carbocycles. The highest BCUT2D eigenvalue weighted by Gasteiger charge is 2.52. The Hall–Kier alpha value is -0.490. The summed E-state index contributed by atoms with van der Waals surface area (Å²) in [5.41, 5.74) is 0. The number of carboxylic acid groups (broad SMARTS) is 1. The smallest absolute Gasteiger partial charge is 0.392 e. The molecular formula is C10H15ClF3NO2. The van der Waals surface area contributed by atoms with E-state index in [0.29, 0.717) is 12.8 Å². The van der Waals surface area contributed by atoms with Crippen molar-refractivity contribution < 1.29 is 23.1 Å². The summed E-state index contributed by atoms with van der Waals surface area (Å²) in [5.74, 6) is -2.94. The van der Waals surface area contributed by atoms with E-state index in [4.69, 9.17) is 5.11 Å². The predicted octanol–water partition coefficient (Wildman–Crippen LogP) is 2.20. The van der Waals surface area contributed by atoms with E-state index < -0.39 is 30.0 Å². The molecule has 100 valence electrons. The van der Waals surface area contributed by atoms with E-state index in [0.717, 1.165) is 0 Å². The number of alkyl halides is 3. The van der Waals surface area contributed by atoms with Crippen LogP contribution in [-0.2, 0) is 4.79 Å². The Labute approximate surface area is 103 Å². The van der Waals surface area contributed by atoms with Crippen LogP contribution in [0, 0.1) is 11.8 Å². The fourth-order valence-electron chi connectivity index (χ4n) is 2.98. The monoisotopic (exact) mass is 273 g/mol. The molecule has 1 heterocycles. The minimum Gasteiger partial charge on any atom is -0.480 e. The van der Waals surface area contributed by atoms with Crippen LogP contribution in [0.2, 0.25) is 0 Å². The summed E-state index contributed by atoms with van der Waals surface area (Å²) >= 11 is 0. The highest BCUT2D eigenvalue weighted by Crippen LogP contribution is 2.45. The van der Waals surface area contributed by atoms with E-state index in [2.05, 4.69) is 5.32 Å². The molecule has 0 aromatic heterocycles. The molecule has 2 aliphatic rings. The summed E-state index contributed by atoms with van der Waals surface area (Å²) in [6, 6.07) is -1.08. The van der Waals surface area contributed by atoms with Crippen LogP contribution in [0.1, 0.15) is 25.7 Å². The van der Waals surface area contributed by atoms with Gasteiger partial charge in [0, 0.05) is 6.04 Å². The average Bonchev–Trinajstić information content (AvgIpc) is 2.58. The van der Waals surface area contributed by atoms with Gasteiger partial charge in [-0.05, 0) is 25.2 Å². The van der Waals surface area contributed by atoms with Crippen LogP contribution in [0.5, 0.6) is 0 Å². The van der Waals surface area contributed by atoms with Gasteiger partial charge in [-0.3, -0.25) is 4.79 Å². The molecule has 1 saturated heterocycles. The molecule has 3 nitrogen and oxygen atoms in total. The van der Waals surface area contributed by atoms with Crippen molar-refractivity contribution in [1.29, 1.82) is 0 Å². The first-order valence-electron chi connectivity index (χ1n) is 5.45. The van der Waals surface area contributed by atoms with Crippen molar-refractivity contribution in [3.63, 3.8) is 0 Å². The van der Waals surface area contributed by atoms with Gasteiger partial charge in [-0.1, -0.05) is 6.42 Å². The highest BCUT2D eigenvalue weighted by molar-refractivity contribution is 5.85. The number of hydrogen-bond donors (Lipinski definition) is 2. The van der Waals surface area contributed by atoms with Gasteiger partial charge >= 0.3 is 12.1 Å². The Balaban J connectivity index is 0.00000144. The molecule has 0 amide bonds. The first-order valence-corrected chi connectivity index (χ1v) is 5.45. The molecule has 4 unspecified atom stereocenters. The Kier molecular flexibility index (Phi) is 4.30. The van der Waals surface area contributed by atoms with Crippen molar-refractivity contribution >= 4 is 18.4 Å².